The summed E-state index contributed by atoms with van der Waals surface area (Å²) in [5, 5.41) is 0. The number of aromatic nitrogens is 2. The molecule has 1 saturated heterocycles. The first kappa shape index (κ1) is 15.1. The van der Waals surface area contributed by atoms with Gasteiger partial charge in [0.2, 0.25) is 0 Å². The predicted octanol–water partition coefficient (Wildman–Crippen LogP) is 4.05. The van der Waals surface area contributed by atoms with Gasteiger partial charge in [-0.15, -0.1) is 0 Å². The fourth-order valence-corrected chi connectivity index (χ4v) is 3.49. The van der Waals surface area contributed by atoms with Gasteiger partial charge in [0, 0.05) is 6.54 Å². The number of nitrogens with zero attached hydrogens (tertiary/aromatic N) is 2. The lowest BCUT2D eigenvalue weighted by Crippen LogP contribution is -2.23. The third-order valence-corrected chi connectivity index (χ3v) is 4.69. The van der Waals surface area contributed by atoms with Crippen LogP contribution in [0.2, 0.25) is 0 Å². The van der Waals surface area contributed by atoms with E-state index in [1.54, 1.807) is 6.07 Å². The Morgan fingerprint density at radius 3 is 3.00 bits per heavy atom. The van der Waals surface area contributed by atoms with Crippen molar-refractivity contribution in [2.24, 2.45) is 0 Å². The summed E-state index contributed by atoms with van der Waals surface area (Å²) >= 11 is 0. The molecule has 1 N–H and O–H groups in total. The Morgan fingerprint density at radius 1 is 1.29 bits per heavy atom. The van der Waals surface area contributed by atoms with Gasteiger partial charge in [0.05, 0.1) is 24.2 Å². The summed E-state index contributed by atoms with van der Waals surface area (Å²) in [5.41, 5.74) is 3.13. The average molecular weight is 325 g/mol. The molecule has 1 fully saturated rings. The number of H-pyrrole nitrogens is 1. The molecule has 1 unspecified atom stereocenters. The van der Waals surface area contributed by atoms with Crippen molar-refractivity contribution in [2.75, 3.05) is 13.7 Å². The lowest BCUT2D eigenvalue weighted by atomic mass is 10.1. The summed E-state index contributed by atoms with van der Waals surface area (Å²) in [6.45, 7) is 1.78. The zero-order chi connectivity index (χ0) is 16.5. The molecule has 1 atom stereocenters. The second-order valence-corrected chi connectivity index (χ2v) is 6.24. The van der Waals surface area contributed by atoms with Gasteiger partial charge in [-0.1, -0.05) is 18.2 Å². The van der Waals surface area contributed by atoms with Crippen LogP contribution in [0.3, 0.4) is 0 Å². The molecule has 2 heterocycles. The van der Waals surface area contributed by atoms with Crippen LogP contribution in [0.4, 0.5) is 4.39 Å². The number of benzene rings is 2. The number of methoxy groups -OCH3 is 1. The SMILES string of the molecule is COc1cc(CN2CCCC2c2nc3ccccc3[nH]2)ccc1F. The molecule has 0 saturated carbocycles. The van der Waals surface area contributed by atoms with Crippen molar-refractivity contribution in [3.63, 3.8) is 0 Å². The molecular formula is C19H20FN3O. The van der Waals surface area contributed by atoms with Crippen molar-refractivity contribution in [3.8, 4) is 5.75 Å². The molecule has 0 amide bonds. The molecule has 1 aliphatic heterocycles. The molecule has 0 bridgehead atoms. The second kappa shape index (κ2) is 6.24. The van der Waals surface area contributed by atoms with E-state index in [4.69, 9.17) is 9.72 Å². The largest absolute Gasteiger partial charge is 0.494 e. The normalized spacial score (nSPS) is 18.3. The Kier molecular flexibility index (Phi) is 3.94. The monoisotopic (exact) mass is 325 g/mol. The highest BCUT2D eigenvalue weighted by Crippen LogP contribution is 2.33. The minimum absolute atomic E-state index is 0.272. The first-order chi connectivity index (χ1) is 11.7. The lowest BCUT2D eigenvalue weighted by molar-refractivity contribution is 0.240. The Balaban J connectivity index is 1.58. The Labute approximate surface area is 140 Å². The fraction of sp³-hybridized carbons (Fsp3) is 0.316. The van der Waals surface area contributed by atoms with Gasteiger partial charge in [-0.25, -0.2) is 9.37 Å². The number of hydrogen-bond donors (Lipinski definition) is 1. The molecule has 1 aliphatic rings. The molecule has 4 rings (SSSR count). The second-order valence-electron chi connectivity index (χ2n) is 6.24. The summed E-state index contributed by atoms with van der Waals surface area (Å²) in [6.07, 6.45) is 2.22. The number of imidazole rings is 1. The predicted molar refractivity (Wildman–Crippen MR) is 91.4 cm³/mol. The van der Waals surface area contributed by atoms with Gasteiger partial charge < -0.3 is 9.72 Å². The van der Waals surface area contributed by atoms with Crippen LogP contribution in [-0.2, 0) is 6.54 Å². The molecule has 3 aromatic rings. The zero-order valence-corrected chi connectivity index (χ0v) is 13.6. The van der Waals surface area contributed by atoms with Gasteiger partial charge in [-0.05, 0) is 49.2 Å². The summed E-state index contributed by atoms with van der Waals surface area (Å²) in [6, 6.07) is 13.4. The van der Waals surface area contributed by atoms with Crippen LogP contribution in [0.1, 0.15) is 30.3 Å². The summed E-state index contributed by atoms with van der Waals surface area (Å²) in [5.74, 6) is 0.992. The molecular weight excluding hydrogens is 305 g/mol. The minimum atomic E-state index is -0.323. The van der Waals surface area contributed by atoms with E-state index in [0.29, 0.717) is 5.75 Å². The van der Waals surface area contributed by atoms with E-state index in [1.807, 2.05) is 24.3 Å². The molecule has 24 heavy (non-hydrogen) atoms. The molecule has 1 aromatic heterocycles. The number of ether oxygens (including phenoxy) is 1. The number of rotatable bonds is 4. The first-order valence-electron chi connectivity index (χ1n) is 8.26. The van der Waals surface area contributed by atoms with Crippen LogP contribution in [0.15, 0.2) is 42.5 Å². The Morgan fingerprint density at radius 2 is 2.17 bits per heavy atom. The maximum atomic E-state index is 13.6. The van der Waals surface area contributed by atoms with Gasteiger partial charge in [-0.2, -0.15) is 0 Å². The molecule has 4 nitrogen and oxygen atoms in total. The van der Waals surface area contributed by atoms with Crippen molar-refractivity contribution < 1.29 is 9.13 Å². The van der Waals surface area contributed by atoms with E-state index in [0.717, 1.165) is 48.4 Å². The van der Waals surface area contributed by atoms with E-state index in [-0.39, 0.29) is 11.9 Å². The van der Waals surface area contributed by atoms with Crippen molar-refractivity contribution in [3.05, 3.63) is 59.7 Å². The maximum Gasteiger partial charge on any atom is 0.165 e. The number of hydrogen-bond acceptors (Lipinski definition) is 3. The van der Waals surface area contributed by atoms with E-state index in [9.17, 15) is 4.39 Å². The third-order valence-electron chi connectivity index (χ3n) is 4.69. The van der Waals surface area contributed by atoms with E-state index < -0.39 is 0 Å². The molecule has 0 radical (unpaired) electrons. The van der Waals surface area contributed by atoms with Crippen molar-refractivity contribution in [1.29, 1.82) is 0 Å². The van der Waals surface area contributed by atoms with Crippen LogP contribution < -0.4 is 4.74 Å². The number of fused-ring (bicyclic) bond motifs is 1. The zero-order valence-electron chi connectivity index (χ0n) is 13.6. The molecule has 2 aromatic carbocycles. The van der Waals surface area contributed by atoms with E-state index in [1.165, 1.54) is 13.2 Å². The summed E-state index contributed by atoms with van der Waals surface area (Å²) in [7, 11) is 1.50. The van der Waals surface area contributed by atoms with Gasteiger partial charge in [0.1, 0.15) is 5.82 Å². The van der Waals surface area contributed by atoms with Crippen LogP contribution in [0.5, 0.6) is 5.75 Å². The first-order valence-corrected chi connectivity index (χ1v) is 8.26. The summed E-state index contributed by atoms with van der Waals surface area (Å²) < 4.78 is 18.7. The van der Waals surface area contributed by atoms with Crippen LogP contribution in [0, 0.1) is 5.82 Å². The van der Waals surface area contributed by atoms with Gasteiger partial charge >= 0.3 is 0 Å². The number of halogens is 1. The van der Waals surface area contributed by atoms with Gasteiger partial charge in [0.15, 0.2) is 11.6 Å². The molecule has 0 spiro atoms. The Bertz CT molecular complexity index is 828. The van der Waals surface area contributed by atoms with Crippen molar-refractivity contribution in [2.45, 2.75) is 25.4 Å². The average Bonchev–Trinajstić information content (AvgIpc) is 3.22. The fourth-order valence-electron chi connectivity index (χ4n) is 3.49. The van der Waals surface area contributed by atoms with Gasteiger partial charge in [0.25, 0.3) is 0 Å². The lowest BCUT2D eigenvalue weighted by Gasteiger charge is -2.23. The smallest absolute Gasteiger partial charge is 0.165 e. The highest BCUT2D eigenvalue weighted by molar-refractivity contribution is 5.74. The maximum absolute atomic E-state index is 13.6. The molecule has 0 aliphatic carbocycles. The van der Waals surface area contributed by atoms with Crippen molar-refractivity contribution >= 4 is 11.0 Å². The number of likely N-dealkylation sites (tertiary alicyclic amines) is 1. The van der Waals surface area contributed by atoms with Crippen LogP contribution in [-0.4, -0.2) is 28.5 Å². The third kappa shape index (κ3) is 2.76. The standard InChI is InChI=1S/C19H20FN3O/c1-24-18-11-13(8-9-14(18)20)12-23-10-4-7-17(23)19-21-15-5-2-3-6-16(15)22-19/h2-3,5-6,8-9,11,17H,4,7,10,12H2,1H3,(H,21,22). The van der Waals surface area contributed by atoms with Crippen LogP contribution >= 0.6 is 0 Å². The Hall–Kier alpha value is -2.40. The number of nitrogens with one attached hydrogen (secondary N) is 1. The topological polar surface area (TPSA) is 41.1 Å². The molecule has 124 valence electrons. The van der Waals surface area contributed by atoms with E-state index in [2.05, 4.69) is 16.0 Å². The highest BCUT2D eigenvalue weighted by Gasteiger charge is 2.28. The van der Waals surface area contributed by atoms with E-state index >= 15 is 0 Å². The van der Waals surface area contributed by atoms with Crippen LogP contribution in [0.25, 0.3) is 11.0 Å². The number of para-hydroxylation sites is 2. The highest BCUT2D eigenvalue weighted by atomic mass is 19.1. The minimum Gasteiger partial charge on any atom is -0.494 e. The summed E-state index contributed by atoms with van der Waals surface area (Å²) in [4.78, 5) is 10.6. The quantitative estimate of drug-likeness (QED) is 0.787. The van der Waals surface area contributed by atoms with Gasteiger partial charge in [-0.3, -0.25) is 4.90 Å². The number of aromatic amines is 1. The van der Waals surface area contributed by atoms with Crippen molar-refractivity contribution in [1.82, 2.24) is 14.9 Å². The molecule has 5 heteroatoms.